The molecule has 1 aliphatic rings. The van der Waals surface area contributed by atoms with Crippen molar-refractivity contribution in [1.29, 1.82) is 5.26 Å². The van der Waals surface area contributed by atoms with Crippen molar-refractivity contribution in [2.24, 2.45) is 5.92 Å². The van der Waals surface area contributed by atoms with E-state index in [0.717, 1.165) is 25.7 Å². The van der Waals surface area contributed by atoms with Gasteiger partial charge in [0.05, 0.1) is 36.6 Å². The van der Waals surface area contributed by atoms with Gasteiger partial charge in [0.25, 0.3) is 5.56 Å². The molecule has 1 atom stereocenters. The first kappa shape index (κ1) is 28.9. The Labute approximate surface area is 236 Å². The molecule has 1 aromatic heterocycles. The van der Waals surface area contributed by atoms with E-state index in [1.54, 1.807) is 25.3 Å². The fourth-order valence-corrected chi connectivity index (χ4v) is 5.34. The van der Waals surface area contributed by atoms with Crippen LogP contribution in [0.25, 0.3) is 11.1 Å². The van der Waals surface area contributed by atoms with Crippen molar-refractivity contribution in [2.75, 3.05) is 19.5 Å². The Morgan fingerprint density at radius 1 is 1.10 bits per heavy atom. The molecule has 2 N–H and O–H groups in total. The van der Waals surface area contributed by atoms with Crippen LogP contribution < -0.4 is 15.6 Å². The summed E-state index contributed by atoms with van der Waals surface area (Å²) >= 11 is 6.19. The number of nitrogens with one attached hydrogen (secondary N) is 1. The Morgan fingerprint density at radius 3 is 2.40 bits per heavy atom. The number of aromatic carboxylic acids is 1. The number of carboxylic acid groups (broad SMARTS) is 1. The zero-order chi connectivity index (χ0) is 28.8. The summed E-state index contributed by atoms with van der Waals surface area (Å²) in [6.45, 7) is 0. The first-order chi connectivity index (χ1) is 19.2. The monoisotopic (exact) mass is 563 g/mol. The van der Waals surface area contributed by atoms with E-state index >= 15 is 0 Å². The third-order valence-electron chi connectivity index (χ3n) is 7.38. The topological polar surface area (TPSA) is 131 Å². The Morgan fingerprint density at radius 2 is 1.80 bits per heavy atom. The summed E-state index contributed by atoms with van der Waals surface area (Å²) in [5.74, 6) is -0.980. The van der Waals surface area contributed by atoms with Crippen LogP contribution in [0.3, 0.4) is 0 Å². The van der Waals surface area contributed by atoms with Gasteiger partial charge in [-0.15, -0.1) is 0 Å². The van der Waals surface area contributed by atoms with Gasteiger partial charge in [-0.2, -0.15) is 5.26 Å². The first-order valence-electron chi connectivity index (χ1n) is 12.9. The highest BCUT2D eigenvalue weighted by Crippen LogP contribution is 2.36. The molecule has 1 saturated carbocycles. The molecule has 1 fully saturated rings. The maximum absolute atomic E-state index is 13.7. The number of hydrogen-bond donors (Lipinski definition) is 2. The molecule has 208 valence electrons. The number of anilines is 1. The molecule has 1 heterocycles. The van der Waals surface area contributed by atoms with E-state index in [2.05, 4.69) is 11.4 Å². The normalized spacial score (nSPS) is 17.4. The molecule has 0 saturated heterocycles. The molecule has 40 heavy (non-hydrogen) atoms. The number of benzene rings is 2. The highest BCUT2D eigenvalue weighted by atomic mass is 35.5. The van der Waals surface area contributed by atoms with Gasteiger partial charge in [0.15, 0.2) is 0 Å². The number of hydrogen-bond acceptors (Lipinski definition) is 6. The number of carbonyl (C=O) groups is 2. The predicted molar refractivity (Wildman–Crippen MR) is 151 cm³/mol. The molecule has 1 amide bonds. The molecule has 4 rings (SSSR count). The highest BCUT2D eigenvalue weighted by Gasteiger charge is 2.30. The first-order valence-corrected chi connectivity index (χ1v) is 13.3. The number of pyridine rings is 1. The van der Waals surface area contributed by atoms with Gasteiger partial charge in [0.2, 0.25) is 5.91 Å². The predicted octanol–water partition coefficient (Wildman–Crippen LogP) is 5.52. The number of aromatic nitrogens is 1. The summed E-state index contributed by atoms with van der Waals surface area (Å²) in [4.78, 5) is 38.4. The highest BCUT2D eigenvalue weighted by molar-refractivity contribution is 6.31. The van der Waals surface area contributed by atoms with Gasteiger partial charge in [-0.1, -0.05) is 11.6 Å². The van der Waals surface area contributed by atoms with Crippen LogP contribution in [-0.4, -0.2) is 41.9 Å². The standard InChI is InChI=1S/C30H30ClN3O6/c1-39-23-11-3-18(4-12-23)13-26(29(36)33-22-9-6-19(7-10-22)30(37)38)34-17-27(40-2)25(15-28(34)35)24-14-21(31)8-5-20(24)16-32/h5-10,14-15,17-18,23,26H,3-4,11-13H2,1-2H3,(H,33,36)(H,37,38). The average Bonchev–Trinajstić information content (AvgIpc) is 2.96. The Balaban J connectivity index is 1.72. The Hall–Kier alpha value is -4.13. The van der Waals surface area contributed by atoms with E-state index in [-0.39, 0.29) is 17.6 Å². The molecule has 0 radical (unpaired) electrons. The second kappa shape index (κ2) is 12.8. The summed E-state index contributed by atoms with van der Waals surface area (Å²) in [5.41, 5.74) is 1.25. The molecule has 0 bridgehead atoms. The zero-order valence-electron chi connectivity index (χ0n) is 22.2. The molecule has 0 aliphatic heterocycles. The van der Waals surface area contributed by atoms with Crippen LogP contribution >= 0.6 is 11.6 Å². The van der Waals surface area contributed by atoms with Crippen LogP contribution in [0, 0.1) is 17.2 Å². The SMILES string of the molecule is COc1cn(C(CC2CCC(OC)CC2)C(=O)Nc2ccc(C(=O)O)cc2)c(=O)cc1-c1cc(Cl)ccc1C#N. The number of carbonyl (C=O) groups excluding carboxylic acids is 1. The number of halogens is 1. The molecule has 1 aliphatic carbocycles. The van der Waals surface area contributed by atoms with Crippen LogP contribution in [0.2, 0.25) is 5.02 Å². The van der Waals surface area contributed by atoms with Crippen LogP contribution in [-0.2, 0) is 9.53 Å². The van der Waals surface area contributed by atoms with Crippen LogP contribution in [0.4, 0.5) is 5.69 Å². The molecule has 10 heteroatoms. The average molecular weight is 564 g/mol. The van der Waals surface area contributed by atoms with E-state index in [0.29, 0.717) is 39.6 Å². The third-order valence-corrected chi connectivity index (χ3v) is 7.61. The van der Waals surface area contributed by atoms with Gasteiger partial charge in [0.1, 0.15) is 11.8 Å². The quantitative estimate of drug-likeness (QED) is 0.350. The maximum atomic E-state index is 13.7. The molecule has 9 nitrogen and oxygen atoms in total. The number of nitrogens with zero attached hydrogens (tertiary/aromatic N) is 2. The minimum atomic E-state index is -1.07. The number of carboxylic acids is 1. The minimum absolute atomic E-state index is 0.0961. The van der Waals surface area contributed by atoms with Gasteiger partial charge in [-0.3, -0.25) is 14.2 Å². The largest absolute Gasteiger partial charge is 0.495 e. The van der Waals surface area contributed by atoms with Gasteiger partial charge in [0, 0.05) is 35.0 Å². The van der Waals surface area contributed by atoms with Crippen LogP contribution in [0.15, 0.2) is 59.5 Å². The van der Waals surface area contributed by atoms with Crippen molar-refractivity contribution >= 4 is 29.2 Å². The van der Waals surface area contributed by atoms with Crippen molar-refractivity contribution in [3.8, 4) is 22.9 Å². The number of rotatable bonds is 9. The second-order valence-electron chi connectivity index (χ2n) is 9.80. The lowest BCUT2D eigenvalue weighted by Gasteiger charge is -2.30. The van der Waals surface area contributed by atoms with Crippen LogP contribution in [0.5, 0.6) is 5.75 Å². The number of nitriles is 1. The molecule has 2 aromatic carbocycles. The van der Waals surface area contributed by atoms with E-state index < -0.39 is 23.5 Å². The summed E-state index contributed by atoms with van der Waals surface area (Å²) in [5, 5.41) is 22.0. The van der Waals surface area contributed by atoms with Gasteiger partial charge in [-0.05, 0) is 80.5 Å². The fourth-order valence-electron chi connectivity index (χ4n) is 5.17. The molecular weight excluding hydrogens is 534 g/mol. The Bertz CT molecular complexity index is 1490. The maximum Gasteiger partial charge on any atom is 0.335 e. The molecular formula is C30H30ClN3O6. The fraction of sp³-hybridized carbons (Fsp3) is 0.333. The Kier molecular flexibility index (Phi) is 9.25. The van der Waals surface area contributed by atoms with E-state index in [4.69, 9.17) is 21.1 Å². The third kappa shape index (κ3) is 6.53. The van der Waals surface area contributed by atoms with E-state index in [9.17, 15) is 24.8 Å². The smallest absolute Gasteiger partial charge is 0.335 e. The second-order valence-corrected chi connectivity index (χ2v) is 10.2. The number of ether oxygens (including phenoxy) is 2. The van der Waals surface area contributed by atoms with E-state index in [1.165, 1.54) is 48.2 Å². The van der Waals surface area contributed by atoms with Crippen molar-refractivity contribution in [2.45, 2.75) is 44.2 Å². The van der Waals surface area contributed by atoms with Crippen molar-refractivity contribution in [3.63, 3.8) is 0 Å². The number of amides is 1. The summed E-state index contributed by atoms with van der Waals surface area (Å²) in [6.07, 6.45) is 5.55. The van der Waals surface area contributed by atoms with Crippen molar-refractivity contribution in [3.05, 3.63) is 81.2 Å². The van der Waals surface area contributed by atoms with Gasteiger partial charge >= 0.3 is 5.97 Å². The zero-order valence-corrected chi connectivity index (χ0v) is 23.0. The van der Waals surface area contributed by atoms with Gasteiger partial charge < -0.3 is 19.9 Å². The van der Waals surface area contributed by atoms with Crippen molar-refractivity contribution < 1.29 is 24.2 Å². The minimum Gasteiger partial charge on any atom is -0.495 e. The molecule has 1 unspecified atom stereocenters. The summed E-state index contributed by atoms with van der Waals surface area (Å²) in [7, 11) is 3.15. The lowest BCUT2D eigenvalue weighted by atomic mass is 9.83. The molecule has 0 spiro atoms. The van der Waals surface area contributed by atoms with E-state index in [1.807, 2.05) is 0 Å². The van der Waals surface area contributed by atoms with Crippen LogP contribution in [0.1, 0.15) is 54.1 Å². The summed E-state index contributed by atoms with van der Waals surface area (Å²) < 4.78 is 12.5. The molecule has 3 aromatic rings. The van der Waals surface area contributed by atoms with Crippen molar-refractivity contribution in [1.82, 2.24) is 4.57 Å². The number of methoxy groups -OCH3 is 2. The lowest BCUT2D eigenvalue weighted by Crippen LogP contribution is -2.35. The van der Waals surface area contributed by atoms with Gasteiger partial charge in [-0.25, -0.2) is 4.79 Å². The lowest BCUT2D eigenvalue weighted by molar-refractivity contribution is -0.120. The summed E-state index contributed by atoms with van der Waals surface area (Å²) in [6, 6.07) is 13.2.